The summed E-state index contributed by atoms with van der Waals surface area (Å²) in [7, 11) is 0. The van der Waals surface area contributed by atoms with Crippen molar-refractivity contribution in [2.75, 3.05) is 0 Å². The minimum atomic E-state index is -0.286. The molecule has 0 aliphatic rings. The second-order valence-electron chi connectivity index (χ2n) is 6.90. The molecule has 32 heavy (non-hydrogen) atoms. The summed E-state index contributed by atoms with van der Waals surface area (Å²) < 4.78 is 20.8. The summed E-state index contributed by atoms with van der Waals surface area (Å²) in [6.07, 6.45) is 6.79. The predicted octanol–water partition coefficient (Wildman–Crippen LogP) is 7.20. The summed E-state index contributed by atoms with van der Waals surface area (Å²) in [5, 5.41) is 18.4. The average Bonchev–Trinajstić information content (AvgIpc) is 3.11. The molecule has 0 unspecified atom stereocenters. The molecule has 1 N–H and O–H groups in total. The van der Waals surface area contributed by atoms with Crippen molar-refractivity contribution in [3.8, 4) is 27.7 Å². The van der Waals surface area contributed by atoms with Crippen molar-refractivity contribution in [3.05, 3.63) is 83.7 Å². The molecule has 4 rings (SSSR count). The summed E-state index contributed by atoms with van der Waals surface area (Å²) >= 11 is 1.48. The van der Waals surface area contributed by atoms with Gasteiger partial charge in [0, 0.05) is 28.1 Å². The number of phenolic OH excluding ortho intramolecular Hbond substituents is 1. The number of halogens is 1. The molecule has 0 radical (unpaired) electrons. The van der Waals surface area contributed by atoms with E-state index in [2.05, 4.69) is 22.3 Å². The molecule has 0 atom stereocenters. The van der Waals surface area contributed by atoms with Gasteiger partial charge in [0.1, 0.15) is 11.6 Å². The molecule has 0 fully saturated rings. The summed E-state index contributed by atoms with van der Waals surface area (Å²) in [5.41, 5.74) is 2.49. The van der Waals surface area contributed by atoms with E-state index in [1.165, 1.54) is 23.5 Å². The standard InChI is InChI=1S/C26H19FN2O2S/c1-3-28-29-14-4-5-18-6-10-21(11-7-18)31-25-23-13-9-20(30)16-24(23)32-26(25)22-12-8-19(27)15-17(22)2/h3-6,8-10,12-16,30H,1-2H3/b5-4+,28-3+,29-14+. The van der Waals surface area contributed by atoms with Crippen LogP contribution in [-0.2, 0) is 0 Å². The number of hydrogen-bond donors (Lipinski definition) is 1. The Hall–Kier alpha value is -3.95. The molecule has 4 nitrogen and oxygen atoms in total. The summed E-state index contributed by atoms with van der Waals surface area (Å²) in [6, 6.07) is 19.6. The van der Waals surface area contributed by atoms with Gasteiger partial charge in [0.25, 0.3) is 0 Å². The van der Waals surface area contributed by atoms with Gasteiger partial charge in [-0.15, -0.1) is 11.3 Å². The molecule has 0 aliphatic heterocycles. The first-order chi connectivity index (χ1) is 15.5. The van der Waals surface area contributed by atoms with Crippen LogP contribution in [0.1, 0.15) is 18.1 Å². The molecule has 0 spiro atoms. The Morgan fingerprint density at radius 3 is 2.69 bits per heavy atom. The minimum Gasteiger partial charge on any atom is -0.508 e. The molecule has 0 bridgehead atoms. The Morgan fingerprint density at radius 1 is 1.06 bits per heavy atom. The Labute approximate surface area is 189 Å². The second-order valence-corrected chi connectivity index (χ2v) is 7.95. The van der Waals surface area contributed by atoms with Crippen molar-refractivity contribution in [2.24, 2.45) is 10.2 Å². The largest absolute Gasteiger partial charge is 0.508 e. The van der Waals surface area contributed by atoms with E-state index in [1.807, 2.05) is 31.2 Å². The lowest BCUT2D eigenvalue weighted by atomic mass is 10.1. The number of fused-ring (bicyclic) bond motifs is 1. The van der Waals surface area contributed by atoms with E-state index in [4.69, 9.17) is 4.74 Å². The van der Waals surface area contributed by atoms with E-state index in [0.29, 0.717) is 11.5 Å². The van der Waals surface area contributed by atoms with Crippen LogP contribution in [0.5, 0.6) is 17.2 Å². The molecule has 6 heteroatoms. The zero-order valence-electron chi connectivity index (χ0n) is 17.5. The van der Waals surface area contributed by atoms with E-state index in [0.717, 1.165) is 31.7 Å². The number of allylic oxidation sites excluding steroid dienone is 1. The highest BCUT2D eigenvalue weighted by atomic mass is 32.1. The summed E-state index contributed by atoms with van der Waals surface area (Å²) in [6.45, 7) is 3.66. The fraction of sp³-hybridized carbons (Fsp3) is 0.0769. The van der Waals surface area contributed by atoms with Crippen LogP contribution in [0, 0.1) is 24.9 Å². The number of aromatic hydroxyl groups is 1. The quantitative estimate of drug-likeness (QED) is 0.253. The number of benzene rings is 2. The van der Waals surface area contributed by atoms with Crippen LogP contribution in [0.3, 0.4) is 0 Å². The molecule has 1 heterocycles. The lowest BCUT2D eigenvalue weighted by Gasteiger charge is -2.09. The maximum Gasteiger partial charge on any atom is 0.177 e. The summed E-state index contributed by atoms with van der Waals surface area (Å²) in [4.78, 5) is 0.855. The Kier molecular flexibility index (Phi) is 6.29. The molecule has 3 aromatic carbocycles. The number of aryl methyl sites for hydroxylation is 1. The van der Waals surface area contributed by atoms with Gasteiger partial charge in [-0.3, -0.25) is 0 Å². The van der Waals surface area contributed by atoms with Gasteiger partial charge in [0.2, 0.25) is 0 Å². The average molecular weight is 443 g/mol. The number of nitrogens with zero attached hydrogens (tertiary/aromatic N) is 2. The summed E-state index contributed by atoms with van der Waals surface area (Å²) in [5.74, 6) is 1.03. The lowest BCUT2D eigenvalue weighted by molar-refractivity contribution is 0.476. The van der Waals surface area contributed by atoms with E-state index in [1.54, 1.807) is 43.6 Å². The predicted molar refractivity (Wildman–Crippen MR) is 130 cm³/mol. The van der Waals surface area contributed by atoms with Crippen LogP contribution < -0.4 is 4.74 Å². The van der Waals surface area contributed by atoms with Crippen LogP contribution in [0.25, 0.3) is 26.6 Å². The van der Waals surface area contributed by atoms with Crippen LogP contribution in [-0.4, -0.2) is 17.5 Å². The van der Waals surface area contributed by atoms with E-state index in [-0.39, 0.29) is 11.6 Å². The van der Waals surface area contributed by atoms with Crippen molar-refractivity contribution in [1.82, 2.24) is 0 Å². The lowest BCUT2D eigenvalue weighted by Crippen LogP contribution is -1.88. The second kappa shape index (κ2) is 9.46. The highest BCUT2D eigenvalue weighted by molar-refractivity contribution is 7.22. The molecule has 0 saturated carbocycles. The Bertz CT molecular complexity index is 1340. The first kappa shape index (κ1) is 21.3. The third kappa shape index (κ3) is 4.69. The third-order valence-electron chi connectivity index (χ3n) is 4.63. The maximum atomic E-state index is 13.7. The SMILES string of the molecule is C/C=N/N=C/C=C/c1c#cc(Oc2c(-c3ccc(F)cc3C)sc3cc(O)ccc23)cc1. The Balaban J connectivity index is 1.69. The molecule has 0 saturated heterocycles. The highest BCUT2D eigenvalue weighted by Gasteiger charge is 2.18. The van der Waals surface area contributed by atoms with Crippen molar-refractivity contribution >= 4 is 39.9 Å². The van der Waals surface area contributed by atoms with Gasteiger partial charge in [0.05, 0.1) is 4.88 Å². The molecule has 0 amide bonds. The van der Waals surface area contributed by atoms with E-state index in [9.17, 15) is 9.50 Å². The molecular formula is C26H19FN2O2S. The van der Waals surface area contributed by atoms with E-state index < -0.39 is 0 Å². The fourth-order valence-electron chi connectivity index (χ4n) is 3.16. The molecule has 158 valence electrons. The van der Waals surface area contributed by atoms with Gasteiger partial charge < -0.3 is 9.84 Å². The van der Waals surface area contributed by atoms with Crippen LogP contribution in [0.15, 0.2) is 64.8 Å². The molecular weight excluding hydrogens is 423 g/mol. The fourth-order valence-corrected chi connectivity index (χ4v) is 4.42. The van der Waals surface area contributed by atoms with Crippen LogP contribution in [0.4, 0.5) is 4.39 Å². The topological polar surface area (TPSA) is 54.2 Å². The van der Waals surface area contributed by atoms with Crippen molar-refractivity contribution < 1.29 is 14.2 Å². The number of phenols is 1. The first-order valence-corrected chi connectivity index (χ1v) is 10.7. The van der Waals surface area contributed by atoms with Gasteiger partial charge in [0.15, 0.2) is 11.5 Å². The highest BCUT2D eigenvalue weighted by Crippen LogP contribution is 2.47. The van der Waals surface area contributed by atoms with Crippen molar-refractivity contribution in [3.63, 3.8) is 0 Å². The zero-order chi connectivity index (χ0) is 22.5. The zero-order valence-corrected chi connectivity index (χ0v) is 18.3. The smallest absolute Gasteiger partial charge is 0.177 e. The van der Waals surface area contributed by atoms with Gasteiger partial charge in [-0.05, 0) is 85.7 Å². The monoisotopic (exact) mass is 442 g/mol. The first-order valence-electron chi connectivity index (χ1n) is 9.86. The third-order valence-corrected chi connectivity index (χ3v) is 5.80. The van der Waals surface area contributed by atoms with Gasteiger partial charge in [-0.25, -0.2) is 4.39 Å². The van der Waals surface area contributed by atoms with Crippen molar-refractivity contribution in [1.29, 1.82) is 0 Å². The minimum absolute atomic E-state index is 0.178. The van der Waals surface area contributed by atoms with Gasteiger partial charge >= 0.3 is 0 Å². The van der Waals surface area contributed by atoms with Crippen LogP contribution in [0.2, 0.25) is 0 Å². The molecule has 0 aliphatic carbocycles. The van der Waals surface area contributed by atoms with Gasteiger partial charge in [-0.2, -0.15) is 10.2 Å². The van der Waals surface area contributed by atoms with E-state index >= 15 is 0 Å². The molecule has 4 aromatic rings. The molecule has 1 aromatic heterocycles. The maximum absolute atomic E-state index is 13.7. The van der Waals surface area contributed by atoms with Gasteiger partial charge in [-0.1, -0.05) is 12.1 Å². The normalized spacial score (nSPS) is 11.7. The number of rotatable bonds is 6. The number of thiophene rings is 1. The van der Waals surface area contributed by atoms with Crippen molar-refractivity contribution in [2.45, 2.75) is 13.8 Å². The Morgan fingerprint density at radius 2 is 1.94 bits per heavy atom. The number of ether oxygens (including phenoxy) is 1. The van der Waals surface area contributed by atoms with Crippen LogP contribution >= 0.6 is 11.3 Å². The number of hydrogen-bond acceptors (Lipinski definition) is 5.